The Bertz CT molecular complexity index is 565. The van der Waals surface area contributed by atoms with Gasteiger partial charge in [0.2, 0.25) is 10.0 Å². The van der Waals surface area contributed by atoms with E-state index in [1.54, 1.807) is 13.8 Å². The zero-order chi connectivity index (χ0) is 15.3. The summed E-state index contributed by atoms with van der Waals surface area (Å²) in [4.78, 5) is -0.500. The zero-order valence-corrected chi connectivity index (χ0v) is 13.6. The van der Waals surface area contributed by atoms with E-state index in [1.807, 2.05) is 0 Å². The van der Waals surface area contributed by atoms with Crippen LogP contribution in [0.25, 0.3) is 0 Å². The minimum Gasteiger partial charge on any atom is -0.392 e. The lowest BCUT2D eigenvalue weighted by molar-refractivity contribution is 0.0799. The van der Waals surface area contributed by atoms with Crippen LogP contribution in [0.4, 0.5) is 4.39 Å². The highest BCUT2D eigenvalue weighted by atomic mass is 79.9. The molecule has 1 aromatic carbocycles. The van der Waals surface area contributed by atoms with Crippen LogP contribution in [-0.4, -0.2) is 32.8 Å². The van der Waals surface area contributed by atoms with Crippen molar-refractivity contribution in [3.8, 4) is 0 Å². The summed E-state index contributed by atoms with van der Waals surface area (Å²) in [5.74, 6) is -0.952. The highest BCUT2D eigenvalue weighted by Gasteiger charge is 2.22. The Labute approximate surface area is 126 Å². The van der Waals surface area contributed by atoms with Gasteiger partial charge in [0.05, 0.1) is 12.7 Å². The molecule has 0 saturated carbocycles. The van der Waals surface area contributed by atoms with E-state index in [0.717, 1.165) is 6.07 Å². The van der Waals surface area contributed by atoms with E-state index in [2.05, 4.69) is 20.7 Å². The molecule has 0 fully saturated rings. The molecule has 0 aromatic heterocycles. The molecular weight excluding hydrogens is 353 g/mol. The maximum absolute atomic E-state index is 14.0. The molecule has 5 nitrogen and oxygen atoms in total. The lowest BCUT2D eigenvalue weighted by atomic mass is 10.2. The van der Waals surface area contributed by atoms with Crippen molar-refractivity contribution in [2.45, 2.75) is 31.5 Å². The van der Waals surface area contributed by atoms with Crippen LogP contribution in [-0.2, 0) is 21.4 Å². The Kier molecular flexibility index (Phi) is 6.53. The number of halogens is 2. The van der Waals surface area contributed by atoms with Crippen molar-refractivity contribution in [1.82, 2.24) is 4.72 Å². The summed E-state index contributed by atoms with van der Waals surface area (Å²) in [6, 6.07) is 2.49. The molecule has 0 saturated heterocycles. The first kappa shape index (κ1) is 17.5. The first-order valence-corrected chi connectivity index (χ1v) is 8.29. The van der Waals surface area contributed by atoms with E-state index < -0.39 is 27.3 Å². The van der Waals surface area contributed by atoms with Crippen molar-refractivity contribution in [2.75, 3.05) is 13.2 Å². The van der Waals surface area contributed by atoms with Gasteiger partial charge < -0.3 is 9.84 Å². The van der Waals surface area contributed by atoms with E-state index in [1.165, 1.54) is 6.07 Å². The van der Waals surface area contributed by atoms with Crippen LogP contribution < -0.4 is 4.72 Å². The quantitative estimate of drug-likeness (QED) is 0.767. The third-order valence-corrected chi connectivity index (χ3v) is 4.43. The van der Waals surface area contributed by atoms with Crippen molar-refractivity contribution < 1.29 is 22.7 Å². The van der Waals surface area contributed by atoms with Crippen molar-refractivity contribution in [2.24, 2.45) is 0 Å². The van der Waals surface area contributed by atoms with Crippen LogP contribution in [0.15, 0.2) is 21.5 Å². The van der Waals surface area contributed by atoms with Crippen LogP contribution in [0.5, 0.6) is 0 Å². The summed E-state index contributed by atoms with van der Waals surface area (Å²) in [6.07, 6.45) is -0.317. The second-order valence-electron chi connectivity index (χ2n) is 4.15. The first-order valence-electron chi connectivity index (χ1n) is 6.01. The molecule has 0 aliphatic heterocycles. The summed E-state index contributed by atoms with van der Waals surface area (Å²) < 4.78 is 46.0. The van der Waals surface area contributed by atoms with Gasteiger partial charge in [0.1, 0.15) is 10.7 Å². The third kappa shape index (κ3) is 4.49. The summed E-state index contributed by atoms with van der Waals surface area (Å²) in [5, 5.41) is 9.03. The number of ether oxygens (including phenoxy) is 1. The lowest BCUT2D eigenvalue weighted by Crippen LogP contribution is -2.32. The summed E-state index contributed by atoms with van der Waals surface area (Å²) >= 11 is 3.09. The average Bonchev–Trinajstić information content (AvgIpc) is 2.39. The highest BCUT2D eigenvalue weighted by molar-refractivity contribution is 9.10. The molecule has 0 spiro atoms. The predicted molar refractivity (Wildman–Crippen MR) is 76.3 cm³/mol. The smallest absolute Gasteiger partial charge is 0.243 e. The number of hydrogen-bond acceptors (Lipinski definition) is 4. The normalized spacial score (nSPS) is 13.4. The molecule has 0 amide bonds. The Morgan fingerprint density at radius 1 is 1.50 bits per heavy atom. The number of nitrogens with one attached hydrogen (secondary N) is 1. The van der Waals surface area contributed by atoms with Gasteiger partial charge in [0.25, 0.3) is 0 Å². The minimum absolute atomic E-state index is 0.0383. The number of sulfonamides is 1. The van der Waals surface area contributed by atoms with E-state index in [0.29, 0.717) is 11.1 Å². The molecule has 8 heteroatoms. The molecule has 0 aliphatic carbocycles. The van der Waals surface area contributed by atoms with Gasteiger partial charge in [-0.3, -0.25) is 0 Å². The second-order valence-corrected chi connectivity index (χ2v) is 6.80. The fourth-order valence-electron chi connectivity index (χ4n) is 1.58. The first-order chi connectivity index (χ1) is 9.31. The van der Waals surface area contributed by atoms with Gasteiger partial charge in [-0.1, -0.05) is 15.9 Å². The number of aliphatic hydroxyl groups excluding tert-OH is 1. The third-order valence-electron chi connectivity index (χ3n) is 2.55. The molecule has 20 heavy (non-hydrogen) atoms. The molecule has 114 valence electrons. The van der Waals surface area contributed by atoms with Crippen LogP contribution in [0.1, 0.15) is 19.4 Å². The summed E-state index contributed by atoms with van der Waals surface area (Å²) in [5.41, 5.74) is -0.0855. The topological polar surface area (TPSA) is 75.6 Å². The molecule has 1 atom stereocenters. The monoisotopic (exact) mass is 369 g/mol. The molecule has 0 radical (unpaired) electrons. The van der Waals surface area contributed by atoms with E-state index in [-0.39, 0.29) is 18.2 Å². The maximum atomic E-state index is 14.0. The average molecular weight is 370 g/mol. The Hall–Kier alpha value is -0.540. The Balaban J connectivity index is 3.01. The standard InChI is InChI=1S/C12H17BrFNO4S/c1-3-19-8(2)6-15-20(17,18)11-5-10(13)4-9(7-16)12(11)14/h4-5,8,15-16H,3,6-7H2,1-2H3. The number of hydrogen-bond donors (Lipinski definition) is 2. The molecule has 2 N–H and O–H groups in total. The second kappa shape index (κ2) is 7.46. The fraction of sp³-hybridized carbons (Fsp3) is 0.500. The molecule has 0 aliphatic rings. The van der Waals surface area contributed by atoms with Gasteiger partial charge in [-0.25, -0.2) is 17.5 Å². The van der Waals surface area contributed by atoms with E-state index >= 15 is 0 Å². The van der Waals surface area contributed by atoms with E-state index in [9.17, 15) is 12.8 Å². The van der Waals surface area contributed by atoms with Crippen molar-refractivity contribution in [1.29, 1.82) is 0 Å². The highest BCUT2D eigenvalue weighted by Crippen LogP contribution is 2.24. The molecule has 0 heterocycles. The number of aliphatic hydroxyl groups is 1. The van der Waals surface area contributed by atoms with Crippen LogP contribution >= 0.6 is 15.9 Å². The van der Waals surface area contributed by atoms with Gasteiger partial charge in [0, 0.05) is 23.2 Å². The molecule has 1 rings (SSSR count). The van der Waals surface area contributed by atoms with Crippen LogP contribution in [0.3, 0.4) is 0 Å². The van der Waals surface area contributed by atoms with Gasteiger partial charge in [-0.2, -0.15) is 0 Å². The van der Waals surface area contributed by atoms with Gasteiger partial charge in [-0.05, 0) is 26.0 Å². The summed E-state index contributed by atoms with van der Waals surface area (Å²) in [7, 11) is -4.01. The lowest BCUT2D eigenvalue weighted by Gasteiger charge is -2.14. The summed E-state index contributed by atoms with van der Waals surface area (Å²) in [6.45, 7) is 3.43. The Morgan fingerprint density at radius 2 is 2.15 bits per heavy atom. The van der Waals surface area contributed by atoms with Crippen LogP contribution in [0, 0.1) is 5.82 Å². The van der Waals surface area contributed by atoms with Crippen LogP contribution in [0.2, 0.25) is 0 Å². The number of benzene rings is 1. The molecular formula is C12H17BrFNO4S. The minimum atomic E-state index is -4.01. The van der Waals surface area contributed by atoms with Gasteiger partial charge >= 0.3 is 0 Å². The van der Waals surface area contributed by atoms with E-state index in [4.69, 9.17) is 9.84 Å². The molecule has 0 bridgehead atoms. The zero-order valence-electron chi connectivity index (χ0n) is 11.2. The number of rotatable bonds is 7. The SMILES string of the molecule is CCOC(C)CNS(=O)(=O)c1cc(Br)cc(CO)c1F. The fourth-order valence-corrected chi connectivity index (χ4v) is 3.49. The molecule has 1 unspecified atom stereocenters. The van der Waals surface area contributed by atoms with Crippen molar-refractivity contribution in [3.05, 3.63) is 28.0 Å². The Morgan fingerprint density at radius 3 is 2.70 bits per heavy atom. The predicted octanol–water partition coefficient (Wildman–Crippen LogP) is 1.78. The van der Waals surface area contributed by atoms with Gasteiger partial charge in [0.15, 0.2) is 0 Å². The van der Waals surface area contributed by atoms with Crippen molar-refractivity contribution >= 4 is 26.0 Å². The molecule has 1 aromatic rings. The van der Waals surface area contributed by atoms with Crippen molar-refractivity contribution in [3.63, 3.8) is 0 Å². The van der Waals surface area contributed by atoms with Gasteiger partial charge in [-0.15, -0.1) is 0 Å². The maximum Gasteiger partial charge on any atom is 0.243 e. The largest absolute Gasteiger partial charge is 0.392 e.